The maximum absolute atomic E-state index is 10.7. The van der Waals surface area contributed by atoms with E-state index < -0.39 is 12.0 Å². The van der Waals surface area contributed by atoms with Crippen LogP contribution in [-0.4, -0.2) is 20.6 Å². The van der Waals surface area contributed by atoms with Crippen LogP contribution in [0.4, 0.5) is 0 Å². The molecule has 0 spiro atoms. The highest BCUT2D eigenvalue weighted by molar-refractivity contribution is 5.71. The molecule has 1 heterocycles. The molecule has 1 N–H and O–H groups in total. The van der Waals surface area contributed by atoms with Gasteiger partial charge in [0, 0.05) is 12.4 Å². The molecule has 4 nitrogen and oxygen atoms in total. The molecule has 0 aromatic carbocycles. The maximum atomic E-state index is 10.7. The number of hydrogen-bond donors (Lipinski definition) is 1. The normalized spacial score (nSPS) is 12.8. The van der Waals surface area contributed by atoms with Crippen LogP contribution in [-0.2, 0) is 4.79 Å². The van der Waals surface area contributed by atoms with Gasteiger partial charge in [0.25, 0.3) is 0 Å². The summed E-state index contributed by atoms with van der Waals surface area (Å²) in [6, 6.07) is -0.461. The van der Waals surface area contributed by atoms with Crippen molar-refractivity contribution in [1.82, 2.24) is 9.55 Å². The number of carbonyl (C=O) groups is 1. The number of hydrogen-bond acceptors (Lipinski definition) is 2. The van der Waals surface area contributed by atoms with Crippen molar-refractivity contribution < 1.29 is 9.90 Å². The smallest absolute Gasteiger partial charge is 0.326 e. The van der Waals surface area contributed by atoms with Gasteiger partial charge in [-0.15, -0.1) is 0 Å². The molecule has 0 aliphatic rings. The Labute approximate surface area is 70.9 Å². The summed E-state index contributed by atoms with van der Waals surface area (Å²) in [6.07, 6.45) is 6.30. The summed E-state index contributed by atoms with van der Waals surface area (Å²) in [7, 11) is 0. The molecule has 0 bridgehead atoms. The summed E-state index contributed by atoms with van der Waals surface area (Å²) in [6.45, 7) is 1.97. The van der Waals surface area contributed by atoms with E-state index in [1.165, 1.54) is 6.33 Å². The van der Waals surface area contributed by atoms with Gasteiger partial charge in [0.05, 0.1) is 6.33 Å². The number of rotatable bonds is 4. The Balaban J connectivity index is 2.73. The van der Waals surface area contributed by atoms with Crippen LogP contribution >= 0.6 is 0 Å². The monoisotopic (exact) mass is 168 g/mol. The van der Waals surface area contributed by atoms with Crippen LogP contribution in [0.5, 0.6) is 0 Å². The van der Waals surface area contributed by atoms with Crippen LogP contribution in [0.3, 0.4) is 0 Å². The topological polar surface area (TPSA) is 55.1 Å². The lowest BCUT2D eigenvalue weighted by molar-refractivity contribution is -0.141. The van der Waals surface area contributed by atoms with Crippen molar-refractivity contribution in [3.05, 3.63) is 18.7 Å². The Morgan fingerprint density at radius 1 is 1.75 bits per heavy atom. The molecule has 0 saturated carbocycles. The number of carboxylic acids is 1. The fraction of sp³-hybridized carbons (Fsp3) is 0.500. The van der Waals surface area contributed by atoms with Gasteiger partial charge in [-0.3, -0.25) is 0 Å². The summed E-state index contributed by atoms with van der Waals surface area (Å²) in [5.74, 6) is -0.796. The lowest BCUT2D eigenvalue weighted by Crippen LogP contribution is -2.17. The number of nitrogens with zero attached hydrogens (tertiary/aromatic N) is 2. The van der Waals surface area contributed by atoms with Crippen LogP contribution in [0.15, 0.2) is 18.7 Å². The summed E-state index contributed by atoms with van der Waals surface area (Å²) in [5, 5.41) is 8.83. The summed E-state index contributed by atoms with van der Waals surface area (Å²) in [4.78, 5) is 14.5. The largest absolute Gasteiger partial charge is 0.480 e. The quantitative estimate of drug-likeness (QED) is 0.737. The molecule has 66 valence electrons. The Kier molecular flexibility index (Phi) is 2.85. The minimum absolute atomic E-state index is 0.461. The van der Waals surface area contributed by atoms with Crippen molar-refractivity contribution in [2.24, 2.45) is 0 Å². The van der Waals surface area contributed by atoms with E-state index in [0.717, 1.165) is 6.42 Å². The molecule has 4 heteroatoms. The first-order chi connectivity index (χ1) is 5.75. The zero-order chi connectivity index (χ0) is 8.97. The third-order valence-electron chi connectivity index (χ3n) is 1.73. The lowest BCUT2D eigenvalue weighted by atomic mass is 10.2. The highest BCUT2D eigenvalue weighted by Gasteiger charge is 2.16. The second-order valence-electron chi connectivity index (χ2n) is 2.65. The molecule has 0 fully saturated rings. The van der Waals surface area contributed by atoms with Crippen molar-refractivity contribution in [2.75, 3.05) is 0 Å². The first kappa shape index (κ1) is 8.77. The molecular formula is C8H12N2O2. The van der Waals surface area contributed by atoms with E-state index >= 15 is 0 Å². The minimum Gasteiger partial charge on any atom is -0.480 e. The fourth-order valence-electron chi connectivity index (χ4n) is 1.13. The molecule has 1 unspecified atom stereocenters. The van der Waals surface area contributed by atoms with E-state index in [-0.39, 0.29) is 0 Å². The predicted molar refractivity (Wildman–Crippen MR) is 43.8 cm³/mol. The van der Waals surface area contributed by atoms with Gasteiger partial charge in [-0.25, -0.2) is 9.78 Å². The van der Waals surface area contributed by atoms with Crippen LogP contribution in [0.2, 0.25) is 0 Å². The highest BCUT2D eigenvalue weighted by Crippen LogP contribution is 2.12. The van der Waals surface area contributed by atoms with E-state index in [4.69, 9.17) is 5.11 Å². The van der Waals surface area contributed by atoms with Gasteiger partial charge in [-0.2, -0.15) is 0 Å². The molecule has 1 atom stereocenters. The second kappa shape index (κ2) is 3.90. The Bertz CT molecular complexity index is 244. The van der Waals surface area contributed by atoms with Gasteiger partial charge >= 0.3 is 5.97 Å². The summed E-state index contributed by atoms with van der Waals surface area (Å²) >= 11 is 0. The Morgan fingerprint density at radius 2 is 2.50 bits per heavy atom. The predicted octanol–water partition coefficient (Wildman–Crippen LogP) is 1.31. The van der Waals surface area contributed by atoms with Crippen molar-refractivity contribution in [3.63, 3.8) is 0 Å². The molecule has 1 aromatic heterocycles. The summed E-state index contributed by atoms with van der Waals surface area (Å²) < 4.78 is 1.62. The fourth-order valence-corrected chi connectivity index (χ4v) is 1.13. The van der Waals surface area contributed by atoms with Gasteiger partial charge in [-0.1, -0.05) is 13.3 Å². The van der Waals surface area contributed by atoms with E-state index in [1.54, 1.807) is 17.0 Å². The average Bonchev–Trinajstić information content (AvgIpc) is 2.51. The molecule has 0 radical (unpaired) electrons. The zero-order valence-electron chi connectivity index (χ0n) is 6.97. The zero-order valence-corrected chi connectivity index (χ0v) is 6.97. The van der Waals surface area contributed by atoms with Gasteiger partial charge in [0.2, 0.25) is 0 Å². The van der Waals surface area contributed by atoms with Crippen LogP contribution in [0.25, 0.3) is 0 Å². The molecule has 1 aromatic rings. The highest BCUT2D eigenvalue weighted by atomic mass is 16.4. The molecule has 1 rings (SSSR count). The number of aliphatic carboxylic acids is 1. The number of carboxylic acid groups (broad SMARTS) is 1. The van der Waals surface area contributed by atoms with E-state index in [1.807, 2.05) is 6.92 Å². The van der Waals surface area contributed by atoms with Gasteiger partial charge in [0.1, 0.15) is 6.04 Å². The summed E-state index contributed by atoms with van der Waals surface area (Å²) in [5.41, 5.74) is 0. The SMILES string of the molecule is CCCC(C(=O)O)n1ccnc1. The minimum atomic E-state index is -0.796. The van der Waals surface area contributed by atoms with Gasteiger partial charge < -0.3 is 9.67 Å². The Morgan fingerprint density at radius 3 is 2.92 bits per heavy atom. The Hall–Kier alpha value is -1.32. The average molecular weight is 168 g/mol. The van der Waals surface area contributed by atoms with Crippen LogP contribution < -0.4 is 0 Å². The van der Waals surface area contributed by atoms with Crippen molar-refractivity contribution in [1.29, 1.82) is 0 Å². The molecular weight excluding hydrogens is 156 g/mol. The van der Waals surface area contributed by atoms with Crippen molar-refractivity contribution in [2.45, 2.75) is 25.8 Å². The van der Waals surface area contributed by atoms with Crippen LogP contribution in [0.1, 0.15) is 25.8 Å². The molecule has 0 saturated heterocycles. The lowest BCUT2D eigenvalue weighted by Gasteiger charge is -2.11. The first-order valence-corrected chi connectivity index (χ1v) is 3.96. The first-order valence-electron chi connectivity index (χ1n) is 3.96. The standard InChI is InChI=1S/C8H12N2O2/c1-2-3-7(8(11)12)10-5-4-9-6-10/h4-7H,2-3H2,1H3,(H,11,12). The molecule has 0 aliphatic heterocycles. The maximum Gasteiger partial charge on any atom is 0.326 e. The number of imidazole rings is 1. The third kappa shape index (κ3) is 1.84. The van der Waals surface area contributed by atoms with Crippen molar-refractivity contribution >= 4 is 5.97 Å². The molecule has 0 amide bonds. The number of aromatic nitrogens is 2. The van der Waals surface area contributed by atoms with Crippen molar-refractivity contribution in [3.8, 4) is 0 Å². The van der Waals surface area contributed by atoms with Crippen LogP contribution in [0, 0.1) is 0 Å². The van der Waals surface area contributed by atoms with E-state index in [0.29, 0.717) is 6.42 Å². The van der Waals surface area contributed by atoms with E-state index in [9.17, 15) is 4.79 Å². The molecule has 0 aliphatic carbocycles. The molecule has 12 heavy (non-hydrogen) atoms. The van der Waals surface area contributed by atoms with E-state index in [2.05, 4.69) is 4.98 Å². The van der Waals surface area contributed by atoms with Gasteiger partial charge in [0.15, 0.2) is 0 Å². The van der Waals surface area contributed by atoms with Gasteiger partial charge in [-0.05, 0) is 6.42 Å². The second-order valence-corrected chi connectivity index (χ2v) is 2.65. The third-order valence-corrected chi connectivity index (χ3v) is 1.73.